The average molecular weight is 263 g/mol. The number of alkyl halides is 2. The number of benzene rings is 1. The minimum atomic E-state index is -2.60. The van der Waals surface area contributed by atoms with E-state index >= 15 is 0 Å². The molecule has 2 aromatic rings. The second kappa shape index (κ2) is 4.39. The van der Waals surface area contributed by atoms with Crippen LogP contribution in [0.25, 0.3) is 5.69 Å². The normalized spacial score (nSPS) is 11.1. The lowest BCUT2D eigenvalue weighted by Crippen LogP contribution is -2.02. The molecule has 0 spiro atoms. The Kier molecular flexibility index (Phi) is 3.12. The fourth-order valence-electron chi connectivity index (χ4n) is 1.33. The highest BCUT2D eigenvalue weighted by Gasteiger charge is 2.16. The van der Waals surface area contributed by atoms with Gasteiger partial charge in [0, 0.05) is 11.2 Å². The van der Waals surface area contributed by atoms with Crippen LogP contribution in [-0.2, 0) is 0 Å². The molecular weight excluding hydrogens is 257 g/mol. The van der Waals surface area contributed by atoms with Crippen molar-refractivity contribution in [1.29, 1.82) is 0 Å². The Hall–Kier alpha value is -1.13. The van der Waals surface area contributed by atoms with Crippen LogP contribution in [0.5, 0.6) is 0 Å². The molecule has 0 N–H and O–H groups in total. The van der Waals surface area contributed by atoms with Gasteiger partial charge in [-0.1, -0.05) is 23.2 Å². The first-order valence-electron chi connectivity index (χ1n) is 4.37. The van der Waals surface area contributed by atoms with Crippen LogP contribution < -0.4 is 0 Å². The monoisotopic (exact) mass is 262 g/mol. The number of nitrogens with zero attached hydrogens (tertiary/aromatic N) is 2. The largest absolute Gasteiger partial charge is 0.280 e. The van der Waals surface area contributed by atoms with Gasteiger partial charge in [0.2, 0.25) is 0 Å². The highest BCUT2D eigenvalue weighted by molar-refractivity contribution is 6.35. The Morgan fingerprint density at radius 3 is 2.56 bits per heavy atom. The van der Waals surface area contributed by atoms with Crippen LogP contribution in [0.2, 0.25) is 10.0 Å². The number of hydrogen-bond donors (Lipinski definition) is 0. The molecular formula is C10H6Cl2F2N2. The Morgan fingerprint density at radius 2 is 1.94 bits per heavy atom. The SMILES string of the molecule is FC(F)c1ccnn1-c1ccc(Cl)cc1Cl. The summed E-state index contributed by atoms with van der Waals surface area (Å²) in [7, 11) is 0. The minimum absolute atomic E-state index is 0.204. The highest BCUT2D eigenvalue weighted by atomic mass is 35.5. The second-order valence-corrected chi connectivity index (χ2v) is 3.91. The lowest BCUT2D eigenvalue weighted by Gasteiger charge is -2.08. The third kappa shape index (κ3) is 2.03. The highest BCUT2D eigenvalue weighted by Crippen LogP contribution is 2.27. The van der Waals surface area contributed by atoms with Crippen LogP contribution in [0.15, 0.2) is 30.5 Å². The maximum atomic E-state index is 12.6. The molecule has 0 aliphatic rings. The van der Waals surface area contributed by atoms with E-state index in [0.29, 0.717) is 10.7 Å². The summed E-state index contributed by atoms with van der Waals surface area (Å²) in [6, 6.07) is 5.84. The zero-order valence-electron chi connectivity index (χ0n) is 7.87. The van der Waals surface area contributed by atoms with Gasteiger partial charge in [-0.15, -0.1) is 0 Å². The van der Waals surface area contributed by atoms with Gasteiger partial charge in [-0.25, -0.2) is 13.5 Å². The molecule has 0 amide bonds. The molecule has 0 saturated carbocycles. The summed E-state index contributed by atoms with van der Waals surface area (Å²) in [6.45, 7) is 0. The molecule has 0 radical (unpaired) electrons. The minimum Gasteiger partial charge on any atom is -0.230 e. The molecule has 84 valence electrons. The average Bonchev–Trinajstić information content (AvgIpc) is 2.66. The molecule has 6 heteroatoms. The molecule has 0 unspecified atom stereocenters. The first-order chi connectivity index (χ1) is 7.59. The fourth-order valence-corrected chi connectivity index (χ4v) is 1.82. The zero-order chi connectivity index (χ0) is 11.7. The van der Waals surface area contributed by atoms with Crippen molar-refractivity contribution < 1.29 is 8.78 Å². The van der Waals surface area contributed by atoms with Crippen LogP contribution in [0.3, 0.4) is 0 Å². The van der Waals surface area contributed by atoms with Crippen molar-refractivity contribution in [2.45, 2.75) is 6.43 Å². The van der Waals surface area contributed by atoms with E-state index in [1.54, 1.807) is 12.1 Å². The Labute approximate surface area is 100 Å². The van der Waals surface area contributed by atoms with Crippen molar-refractivity contribution in [3.63, 3.8) is 0 Å². The van der Waals surface area contributed by atoms with Crippen molar-refractivity contribution >= 4 is 23.2 Å². The quantitative estimate of drug-likeness (QED) is 0.796. The van der Waals surface area contributed by atoms with E-state index in [0.717, 1.165) is 4.68 Å². The first-order valence-corrected chi connectivity index (χ1v) is 5.12. The Morgan fingerprint density at radius 1 is 1.19 bits per heavy atom. The molecule has 0 aliphatic carbocycles. The zero-order valence-corrected chi connectivity index (χ0v) is 9.38. The van der Waals surface area contributed by atoms with Crippen LogP contribution in [0, 0.1) is 0 Å². The molecule has 0 bridgehead atoms. The van der Waals surface area contributed by atoms with Crippen LogP contribution in [0.1, 0.15) is 12.1 Å². The van der Waals surface area contributed by atoms with E-state index in [1.807, 2.05) is 0 Å². The number of halogens is 4. The first kappa shape index (κ1) is 11.4. The molecule has 16 heavy (non-hydrogen) atoms. The Bertz CT molecular complexity index is 511. The number of rotatable bonds is 2. The lowest BCUT2D eigenvalue weighted by molar-refractivity contribution is 0.143. The third-order valence-electron chi connectivity index (χ3n) is 2.03. The molecule has 1 aromatic heterocycles. The summed E-state index contributed by atoms with van der Waals surface area (Å²) in [5, 5.41) is 4.53. The molecule has 0 atom stereocenters. The van der Waals surface area contributed by atoms with E-state index < -0.39 is 6.43 Å². The van der Waals surface area contributed by atoms with Gasteiger partial charge < -0.3 is 0 Å². The molecule has 1 heterocycles. The van der Waals surface area contributed by atoms with E-state index in [2.05, 4.69) is 5.10 Å². The van der Waals surface area contributed by atoms with Gasteiger partial charge in [-0.2, -0.15) is 5.10 Å². The number of aromatic nitrogens is 2. The van der Waals surface area contributed by atoms with E-state index in [1.165, 1.54) is 18.3 Å². The molecule has 0 aliphatic heterocycles. The van der Waals surface area contributed by atoms with Crippen molar-refractivity contribution in [2.24, 2.45) is 0 Å². The standard InChI is InChI=1S/C10H6Cl2F2N2/c11-6-1-2-8(7(12)5-6)16-9(10(13)14)3-4-15-16/h1-5,10H. The van der Waals surface area contributed by atoms with E-state index in [9.17, 15) is 8.78 Å². The second-order valence-electron chi connectivity index (χ2n) is 3.06. The summed E-state index contributed by atoms with van der Waals surface area (Å²) in [5.74, 6) is 0. The molecule has 2 rings (SSSR count). The smallest absolute Gasteiger partial charge is 0.230 e. The molecule has 2 nitrogen and oxygen atoms in total. The van der Waals surface area contributed by atoms with E-state index in [4.69, 9.17) is 23.2 Å². The summed E-state index contributed by atoms with van der Waals surface area (Å²) >= 11 is 11.6. The fraction of sp³-hybridized carbons (Fsp3) is 0.100. The van der Waals surface area contributed by atoms with Crippen LogP contribution in [0.4, 0.5) is 8.78 Å². The topological polar surface area (TPSA) is 17.8 Å². The maximum absolute atomic E-state index is 12.6. The summed E-state index contributed by atoms with van der Waals surface area (Å²) < 4.78 is 26.4. The predicted molar refractivity (Wildman–Crippen MR) is 58.5 cm³/mol. The van der Waals surface area contributed by atoms with E-state index in [-0.39, 0.29) is 10.7 Å². The van der Waals surface area contributed by atoms with Gasteiger partial charge in [0.15, 0.2) is 0 Å². The van der Waals surface area contributed by atoms with Gasteiger partial charge in [0.05, 0.1) is 10.7 Å². The van der Waals surface area contributed by atoms with Gasteiger partial charge in [-0.05, 0) is 24.3 Å². The van der Waals surface area contributed by atoms with Crippen LogP contribution >= 0.6 is 23.2 Å². The molecule has 1 aromatic carbocycles. The van der Waals surface area contributed by atoms with Crippen molar-refractivity contribution in [1.82, 2.24) is 9.78 Å². The van der Waals surface area contributed by atoms with Crippen LogP contribution in [-0.4, -0.2) is 9.78 Å². The lowest BCUT2D eigenvalue weighted by atomic mass is 10.3. The third-order valence-corrected chi connectivity index (χ3v) is 2.57. The predicted octanol–water partition coefficient (Wildman–Crippen LogP) is 4.12. The maximum Gasteiger partial charge on any atom is 0.280 e. The summed E-state index contributed by atoms with van der Waals surface area (Å²) in [6.07, 6.45) is -1.30. The van der Waals surface area contributed by atoms with Crippen molar-refractivity contribution in [2.75, 3.05) is 0 Å². The van der Waals surface area contributed by atoms with Gasteiger partial charge in [0.1, 0.15) is 5.69 Å². The summed E-state index contributed by atoms with van der Waals surface area (Å²) in [5.41, 5.74) is 0.176. The van der Waals surface area contributed by atoms with Crippen molar-refractivity contribution in [3.8, 4) is 5.69 Å². The van der Waals surface area contributed by atoms with Gasteiger partial charge >= 0.3 is 0 Å². The summed E-state index contributed by atoms with van der Waals surface area (Å²) in [4.78, 5) is 0. The molecule has 0 fully saturated rings. The van der Waals surface area contributed by atoms with Gasteiger partial charge in [-0.3, -0.25) is 0 Å². The number of hydrogen-bond acceptors (Lipinski definition) is 1. The Balaban J connectivity index is 2.54. The van der Waals surface area contributed by atoms with Gasteiger partial charge in [0.25, 0.3) is 6.43 Å². The molecule has 0 saturated heterocycles. The van der Waals surface area contributed by atoms with Crippen molar-refractivity contribution in [3.05, 3.63) is 46.2 Å².